The molecule has 1 aromatic heterocycles. The highest BCUT2D eigenvalue weighted by Crippen LogP contribution is 2.42. The maximum absolute atomic E-state index is 6.14. The molecule has 3 unspecified atom stereocenters. The Morgan fingerprint density at radius 3 is 2.33 bits per heavy atom. The van der Waals surface area contributed by atoms with Crippen LogP contribution >= 0.6 is 0 Å². The fourth-order valence-electron chi connectivity index (χ4n) is 4.60. The quantitative estimate of drug-likeness (QED) is 0.821. The van der Waals surface area contributed by atoms with Crippen molar-refractivity contribution in [3.8, 4) is 11.3 Å². The van der Waals surface area contributed by atoms with E-state index in [1.54, 1.807) is 0 Å². The van der Waals surface area contributed by atoms with Gasteiger partial charge in [-0.15, -0.1) is 0 Å². The Bertz CT molecular complexity index is 829. The van der Waals surface area contributed by atoms with Crippen molar-refractivity contribution in [3.63, 3.8) is 0 Å². The SMILES string of the molecule is CC1(C)OB(c2ccc(-c3cnc(C4NC5CCC4C5)[nH]3)cc2)OC1(C)C. The van der Waals surface area contributed by atoms with E-state index in [9.17, 15) is 0 Å². The van der Waals surface area contributed by atoms with Gasteiger partial charge in [-0.2, -0.15) is 0 Å². The molecule has 3 aliphatic rings. The maximum Gasteiger partial charge on any atom is 0.494 e. The Hall–Kier alpha value is -1.63. The Labute approximate surface area is 161 Å². The van der Waals surface area contributed by atoms with Crippen LogP contribution in [0.5, 0.6) is 0 Å². The van der Waals surface area contributed by atoms with Gasteiger partial charge >= 0.3 is 7.12 Å². The van der Waals surface area contributed by atoms with Gasteiger partial charge in [-0.25, -0.2) is 4.98 Å². The van der Waals surface area contributed by atoms with Crippen molar-refractivity contribution in [1.82, 2.24) is 15.3 Å². The van der Waals surface area contributed by atoms with Crippen LogP contribution in [0.2, 0.25) is 0 Å². The second kappa shape index (κ2) is 5.93. The number of fused-ring (bicyclic) bond motifs is 2. The third-order valence-corrected chi connectivity index (χ3v) is 7.00. The lowest BCUT2D eigenvalue weighted by Crippen LogP contribution is -2.41. The molecule has 27 heavy (non-hydrogen) atoms. The molecule has 2 aromatic rings. The summed E-state index contributed by atoms with van der Waals surface area (Å²) in [5.74, 6) is 1.81. The number of hydrogen-bond acceptors (Lipinski definition) is 4. The van der Waals surface area contributed by atoms with Crippen molar-refractivity contribution in [2.75, 3.05) is 0 Å². The van der Waals surface area contributed by atoms with Gasteiger partial charge in [0.15, 0.2) is 0 Å². The van der Waals surface area contributed by atoms with Crippen LogP contribution in [0.3, 0.4) is 0 Å². The molecule has 0 amide bonds. The summed E-state index contributed by atoms with van der Waals surface area (Å²) in [6.45, 7) is 8.32. The monoisotopic (exact) mass is 365 g/mol. The largest absolute Gasteiger partial charge is 0.494 e. The van der Waals surface area contributed by atoms with E-state index in [0.29, 0.717) is 12.1 Å². The van der Waals surface area contributed by atoms with Crippen molar-refractivity contribution in [2.24, 2.45) is 5.92 Å². The minimum Gasteiger partial charge on any atom is -0.399 e. The summed E-state index contributed by atoms with van der Waals surface area (Å²) in [4.78, 5) is 8.20. The highest BCUT2D eigenvalue weighted by atomic mass is 16.7. The number of nitrogens with zero attached hydrogens (tertiary/aromatic N) is 1. The first kappa shape index (κ1) is 17.5. The number of aromatic amines is 1. The van der Waals surface area contributed by atoms with Crippen molar-refractivity contribution in [2.45, 2.75) is 70.2 Å². The maximum atomic E-state index is 6.14. The number of aromatic nitrogens is 2. The van der Waals surface area contributed by atoms with Gasteiger partial charge in [-0.1, -0.05) is 24.3 Å². The number of benzene rings is 1. The molecule has 0 radical (unpaired) electrons. The van der Waals surface area contributed by atoms with Gasteiger partial charge in [0.05, 0.1) is 29.1 Å². The van der Waals surface area contributed by atoms with Gasteiger partial charge in [0.2, 0.25) is 0 Å². The average Bonchev–Trinajstić information content (AvgIpc) is 3.39. The lowest BCUT2D eigenvalue weighted by atomic mass is 9.79. The molecule has 2 bridgehead atoms. The van der Waals surface area contributed by atoms with Gasteiger partial charge in [-0.05, 0) is 63.9 Å². The molecule has 3 heterocycles. The molecule has 2 N–H and O–H groups in total. The molecule has 5 nitrogen and oxygen atoms in total. The topological polar surface area (TPSA) is 59.2 Å². The first-order chi connectivity index (χ1) is 12.8. The first-order valence-electron chi connectivity index (χ1n) is 10.1. The van der Waals surface area contributed by atoms with E-state index >= 15 is 0 Å². The highest BCUT2D eigenvalue weighted by molar-refractivity contribution is 6.62. The number of imidazole rings is 1. The predicted molar refractivity (Wildman–Crippen MR) is 107 cm³/mol. The van der Waals surface area contributed by atoms with Crippen molar-refractivity contribution < 1.29 is 9.31 Å². The van der Waals surface area contributed by atoms with Gasteiger partial charge in [0, 0.05) is 6.04 Å². The number of H-pyrrole nitrogens is 1. The zero-order chi connectivity index (χ0) is 18.8. The fraction of sp³-hybridized carbons (Fsp3) is 0.571. The van der Waals surface area contributed by atoms with E-state index in [2.05, 4.69) is 67.2 Å². The molecule has 5 rings (SSSR count). The summed E-state index contributed by atoms with van der Waals surface area (Å²) in [5, 5.41) is 3.71. The van der Waals surface area contributed by atoms with Crippen LogP contribution in [-0.2, 0) is 9.31 Å². The molecule has 0 spiro atoms. The van der Waals surface area contributed by atoms with E-state index in [1.165, 1.54) is 19.3 Å². The zero-order valence-corrected chi connectivity index (χ0v) is 16.6. The average molecular weight is 365 g/mol. The number of nitrogens with one attached hydrogen (secondary N) is 2. The minimum atomic E-state index is -0.320. The second-order valence-corrected chi connectivity index (χ2v) is 9.31. The second-order valence-electron chi connectivity index (χ2n) is 9.31. The Balaban J connectivity index is 1.33. The lowest BCUT2D eigenvalue weighted by molar-refractivity contribution is 0.00578. The van der Waals surface area contributed by atoms with Crippen molar-refractivity contribution >= 4 is 12.6 Å². The van der Waals surface area contributed by atoms with E-state index in [1.807, 2.05) is 6.20 Å². The van der Waals surface area contributed by atoms with Crippen LogP contribution in [0.4, 0.5) is 0 Å². The van der Waals surface area contributed by atoms with Crippen LogP contribution in [0.1, 0.15) is 58.8 Å². The fourth-order valence-corrected chi connectivity index (χ4v) is 4.60. The van der Waals surface area contributed by atoms with Gasteiger partial charge < -0.3 is 19.6 Å². The standard InChI is InChI=1S/C21H28BN3O2/c1-20(2)21(3,4)27-22(26-20)15-8-5-13(6-9-15)17-12-23-19(25-17)18-14-7-10-16(11-14)24-18/h5-6,8-9,12,14,16,18,24H,7,10-11H2,1-4H3,(H,23,25). The van der Waals surface area contributed by atoms with Gasteiger partial charge in [0.25, 0.3) is 0 Å². The van der Waals surface area contributed by atoms with Crippen molar-refractivity contribution in [3.05, 3.63) is 36.3 Å². The molecule has 3 fully saturated rings. The summed E-state index contributed by atoms with van der Waals surface area (Å²) < 4.78 is 12.3. The molecule has 2 aliphatic heterocycles. The molecule has 1 aliphatic carbocycles. The molecular formula is C21H28BN3O2. The summed E-state index contributed by atoms with van der Waals surface area (Å²) in [5.41, 5.74) is 2.61. The summed E-state index contributed by atoms with van der Waals surface area (Å²) in [6.07, 6.45) is 5.88. The van der Waals surface area contributed by atoms with E-state index in [0.717, 1.165) is 28.5 Å². The number of rotatable bonds is 3. The predicted octanol–water partition coefficient (Wildman–Crippen LogP) is 3.19. The highest BCUT2D eigenvalue weighted by Gasteiger charge is 2.51. The van der Waals surface area contributed by atoms with Crippen molar-refractivity contribution in [1.29, 1.82) is 0 Å². The lowest BCUT2D eigenvalue weighted by Gasteiger charge is -2.32. The minimum absolute atomic E-state index is 0.317. The molecule has 1 aromatic carbocycles. The smallest absolute Gasteiger partial charge is 0.399 e. The van der Waals surface area contributed by atoms with Gasteiger partial charge in [-0.3, -0.25) is 0 Å². The van der Waals surface area contributed by atoms with E-state index in [4.69, 9.17) is 9.31 Å². The van der Waals surface area contributed by atoms with E-state index in [-0.39, 0.29) is 18.3 Å². The third kappa shape index (κ3) is 2.86. The van der Waals surface area contributed by atoms with Crippen LogP contribution in [0.15, 0.2) is 30.5 Å². The normalized spacial score (nSPS) is 31.0. The Morgan fingerprint density at radius 2 is 1.74 bits per heavy atom. The number of hydrogen-bond donors (Lipinski definition) is 2. The van der Waals surface area contributed by atoms with Crippen LogP contribution in [-0.4, -0.2) is 34.3 Å². The summed E-state index contributed by atoms with van der Waals surface area (Å²) in [6, 6.07) is 9.49. The number of piperidine rings is 1. The molecule has 3 atom stereocenters. The third-order valence-electron chi connectivity index (χ3n) is 7.00. The Morgan fingerprint density at radius 1 is 1.04 bits per heavy atom. The van der Waals surface area contributed by atoms with Crippen LogP contribution < -0.4 is 10.8 Å². The molecule has 1 saturated carbocycles. The van der Waals surface area contributed by atoms with Crippen LogP contribution in [0, 0.1) is 5.92 Å². The molecular weight excluding hydrogens is 337 g/mol. The van der Waals surface area contributed by atoms with E-state index < -0.39 is 0 Å². The van der Waals surface area contributed by atoms with Gasteiger partial charge in [0.1, 0.15) is 5.82 Å². The summed E-state index contributed by atoms with van der Waals surface area (Å²) >= 11 is 0. The molecule has 6 heteroatoms. The van der Waals surface area contributed by atoms with Crippen LogP contribution in [0.25, 0.3) is 11.3 Å². The zero-order valence-electron chi connectivity index (χ0n) is 16.6. The molecule has 2 saturated heterocycles. The first-order valence-corrected chi connectivity index (χ1v) is 10.1. The molecule has 142 valence electrons. The summed E-state index contributed by atoms with van der Waals surface area (Å²) in [7, 11) is -0.320. The Kier molecular flexibility index (Phi) is 3.84.